The molecule has 0 aliphatic carbocycles. The van der Waals surface area contributed by atoms with Gasteiger partial charge in [-0.1, -0.05) is 11.6 Å². The van der Waals surface area contributed by atoms with E-state index in [0.29, 0.717) is 0 Å². The standard InChI is InChI=1S/C8H5ClF3IN2O/c9-5-1-3(7(16)15-14)4(2-6(5)13)8(10,11)12/h1-2H,14H2,(H,15,16). The van der Waals surface area contributed by atoms with Crippen LogP contribution in [-0.2, 0) is 6.18 Å². The van der Waals surface area contributed by atoms with E-state index in [1.165, 1.54) is 0 Å². The largest absolute Gasteiger partial charge is 0.417 e. The Balaban J connectivity index is 3.45. The minimum Gasteiger partial charge on any atom is -0.290 e. The monoisotopic (exact) mass is 364 g/mol. The van der Waals surface area contributed by atoms with Crippen molar-refractivity contribution in [2.24, 2.45) is 5.84 Å². The SMILES string of the molecule is NNC(=O)c1cc(Cl)c(I)cc1C(F)(F)F. The number of amides is 1. The Morgan fingerprint density at radius 2 is 2.00 bits per heavy atom. The van der Waals surface area contributed by atoms with E-state index in [4.69, 9.17) is 17.4 Å². The van der Waals surface area contributed by atoms with Crippen molar-refractivity contribution in [2.75, 3.05) is 0 Å². The summed E-state index contributed by atoms with van der Waals surface area (Å²) in [5.74, 6) is 3.76. The fourth-order valence-electron chi connectivity index (χ4n) is 1.05. The maximum absolute atomic E-state index is 12.6. The van der Waals surface area contributed by atoms with Crippen LogP contribution in [0.1, 0.15) is 15.9 Å². The lowest BCUT2D eigenvalue weighted by molar-refractivity contribution is -0.138. The van der Waals surface area contributed by atoms with Crippen molar-refractivity contribution in [2.45, 2.75) is 6.18 Å². The highest BCUT2D eigenvalue weighted by atomic mass is 127. The molecular weight excluding hydrogens is 359 g/mol. The third-order valence-corrected chi connectivity index (χ3v) is 3.27. The van der Waals surface area contributed by atoms with Crippen molar-refractivity contribution in [1.82, 2.24) is 5.43 Å². The van der Waals surface area contributed by atoms with Crippen LogP contribution >= 0.6 is 34.2 Å². The lowest BCUT2D eigenvalue weighted by Crippen LogP contribution is -2.32. The topological polar surface area (TPSA) is 55.1 Å². The summed E-state index contributed by atoms with van der Waals surface area (Å²) in [6.45, 7) is 0. The third-order valence-electron chi connectivity index (χ3n) is 1.74. The van der Waals surface area contributed by atoms with Crippen molar-refractivity contribution in [1.29, 1.82) is 0 Å². The zero-order chi connectivity index (χ0) is 12.5. The van der Waals surface area contributed by atoms with E-state index in [1.807, 2.05) is 0 Å². The molecule has 1 amide bonds. The van der Waals surface area contributed by atoms with Gasteiger partial charge in [-0.15, -0.1) is 0 Å². The van der Waals surface area contributed by atoms with Crippen molar-refractivity contribution in [3.8, 4) is 0 Å². The molecule has 16 heavy (non-hydrogen) atoms. The van der Waals surface area contributed by atoms with E-state index in [9.17, 15) is 18.0 Å². The van der Waals surface area contributed by atoms with Crippen molar-refractivity contribution >= 4 is 40.1 Å². The number of halogens is 5. The number of hydrogen-bond acceptors (Lipinski definition) is 2. The fourth-order valence-corrected chi connectivity index (χ4v) is 1.68. The molecular formula is C8H5ClF3IN2O. The average Bonchev–Trinajstić information content (AvgIpc) is 2.18. The van der Waals surface area contributed by atoms with Gasteiger partial charge in [0.2, 0.25) is 0 Å². The number of benzene rings is 1. The molecule has 0 fully saturated rings. The Morgan fingerprint density at radius 3 is 2.44 bits per heavy atom. The first kappa shape index (κ1) is 13.5. The van der Waals surface area contributed by atoms with Crippen LogP contribution in [0.5, 0.6) is 0 Å². The molecule has 0 aliphatic rings. The Morgan fingerprint density at radius 1 is 1.44 bits per heavy atom. The molecule has 0 bridgehead atoms. The van der Waals surface area contributed by atoms with E-state index in [0.717, 1.165) is 12.1 Å². The van der Waals surface area contributed by atoms with Gasteiger partial charge in [0.05, 0.1) is 16.1 Å². The van der Waals surface area contributed by atoms with E-state index in [-0.39, 0.29) is 8.59 Å². The molecule has 0 aliphatic heterocycles. The molecule has 0 radical (unpaired) electrons. The number of nitrogen functional groups attached to an aromatic ring is 1. The van der Waals surface area contributed by atoms with Crippen molar-refractivity contribution in [3.63, 3.8) is 0 Å². The van der Waals surface area contributed by atoms with Crippen LogP contribution in [0.3, 0.4) is 0 Å². The van der Waals surface area contributed by atoms with Gasteiger partial charge >= 0.3 is 6.18 Å². The van der Waals surface area contributed by atoms with E-state index in [2.05, 4.69) is 0 Å². The molecule has 1 rings (SSSR count). The molecule has 0 saturated carbocycles. The zero-order valence-electron chi connectivity index (χ0n) is 7.53. The molecule has 0 saturated heterocycles. The zero-order valence-corrected chi connectivity index (χ0v) is 10.4. The van der Waals surface area contributed by atoms with Gasteiger partial charge in [0.25, 0.3) is 5.91 Å². The van der Waals surface area contributed by atoms with Gasteiger partial charge in [0.1, 0.15) is 0 Å². The van der Waals surface area contributed by atoms with Gasteiger partial charge in [0, 0.05) is 3.57 Å². The Bertz CT molecular complexity index is 436. The highest BCUT2D eigenvalue weighted by Crippen LogP contribution is 2.35. The molecule has 3 nitrogen and oxygen atoms in total. The second kappa shape index (κ2) is 4.76. The van der Waals surface area contributed by atoms with Crippen LogP contribution in [0.4, 0.5) is 13.2 Å². The van der Waals surface area contributed by atoms with Gasteiger partial charge in [-0.05, 0) is 34.7 Å². The molecule has 1 aromatic carbocycles. The first-order valence-corrected chi connectivity index (χ1v) is 5.30. The molecule has 3 N–H and O–H groups in total. The predicted molar refractivity (Wildman–Crippen MR) is 60.8 cm³/mol. The minimum absolute atomic E-state index is 0.0622. The van der Waals surface area contributed by atoms with Gasteiger partial charge in [-0.2, -0.15) is 13.2 Å². The summed E-state index contributed by atoms with van der Waals surface area (Å²) < 4.78 is 38.0. The highest BCUT2D eigenvalue weighted by molar-refractivity contribution is 14.1. The molecule has 8 heteroatoms. The van der Waals surface area contributed by atoms with E-state index >= 15 is 0 Å². The first-order valence-electron chi connectivity index (χ1n) is 3.84. The molecule has 1 aromatic rings. The molecule has 0 unspecified atom stereocenters. The average molecular weight is 364 g/mol. The van der Waals surface area contributed by atoms with E-state index in [1.54, 1.807) is 28.0 Å². The second-order valence-corrected chi connectivity index (χ2v) is 4.35. The summed E-state index contributed by atoms with van der Waals surface area (Å²) in [4.78, 5) is 11.1. The normalized spacial score (nSPS) is 11.4. The lowest BCUT2D eigenvalue weighted by atomic mass is 10.1. The number of carbonyl (C=O) groups is 1. The Hall–Kier alpha value is -0.540. The van der Waals surface area contributed by atoms with Crippen molar-refractivity contribution < 1.29 is 18.0 Å². The summed E-state index contributed by atoms with van der Waals surface area (Å²) in [5, 5.41) is 0.0622. The van der Waals surface area contributed by atoms with Crippen LogP contribution < -0.4 is 11.3 Å². The summed E-state index contributed by atoms with van der Waals surface area (Å²) in [7, 11) is 0. The smallest absolute Gasteiger partial charge is 0.290 e. The van der Waals surface area contributed by atoms with Crippen LogP contribution in [0, 0.1) is 3.57 Å². The van der Waals surface area contributed by atoms with Crippen LogP contribution in [-0.4, -0.2) is 5.91 Å². The summed E-state index contributed by atoms with van der Waals surface area (Å²) in [6.07, 6.45) is -4.63. The van der Waals surface area contributed by atoms with Crippen LogP contribution in [0.25, 0.3) is 0 Å². The predicted octanol–water partition coefficient (Wildman–Crippen LogP) is 2.57. The molecule has 0 aromatic heterocycles. The van der Waals surface area contributed by atoms with Gasteiger partial charge in [-0.25, -0.2) is 5.84 Å². The van der Waals surface area contributed by atoms with Crippen molar-refractivity contribution in [3.05, 3.63) is 31.9 Å². The van der Waals surface area contributed by atoms with Crippen LogP contribution in [0.15, 0.2) is 12.1 Å². The summed E-state index contributed by atoms with van der Waals surface area (Å²) in [6, 6.07) is 1.74. The summed E-state index contributed by atoms with van der Waals surface area (Å²) >= 11 is 7.29. The number of nitrogens with one attached hydrogen (secondary N) is 1. The minimum atomic E-state index is -4.63. The number of nitrogens with two attached hydrogens (primary N) is 1. The Kier molecular flexibility index (Phi) is 4.02. The van der Waals surface area contributed by atoms with Gasteiger partial charge < -0.3 is 0 Å². The molecule has 0 spiro atoms. The molecule has 0 heterocycles. The van der Waals surface area contributed by atoms with Gasteiger partial charge in [0.15, 0.2) is 0 Å². The Labute approximate surface area is 107 Å². The molecule has 88 valence electrons. The number of hydrazine groups is 1. The van der Waals surface area contributed by atoms with E-state index < -0.39 is 23.2 Å². The number of hydrogen-bond donors (Lipinski definition) is 2. The maximum atomic E-state index is 12.6. The maximum Gasteiger partial charge on any atom is 0.417 e. The summed E-state index contributed by atoms with van der Waals surface area (Å²) in [5.41, 5.74) is -0.0219. The van der Waals surface area contributed by atoms with Crippen LogP contribution in [0.2, 0.25) is 5.02 Å². The van der Waals surface area contributed by atoms with Gasteiger partial charge in [-0.3, -0.25) is 10.2 Å². The number of alkyl halides is 3. The number of rotatable bonds is 1. The highest BCUT2D eigenvalue weighted by Gasteiger charge is 2.35. The quantitative estimate of drug-likeness (QED) is 0.348. The number of carbonyl (C=O) groups excluding carboxylic acids is 1. The molecule has 0 atom stereocenters. The second-order valence-electron chi connectivity index (χ2n) is 2.78. The third kappa shape index (κ3) is 2.77. The lowest BCUT2D eigenvalue weighted by Gasteiger charge is -2.13. The first-order chi connectivity index (χ1) is 7.27. The fraction of sp³-hybridized carbons (Fsp3) is 0.125.